The molecule has 0 saturated heterocycles. The fourth-order valence-corrected chi connectivity index (χ4v) is 1.76. The van der Waals surface area contributed by atoms with E-state index < -0.39 is 0 Å². The zero-order valence-corrected chi connectivity index (χ0v) is 11.1. The SMILES string of the molecule is CCCCN(CC)CC(=O)c1ccc(C#N)cc1. The van der Waals surface area contributed by atoms with Crippen molar-refractivity contribution in [2.24, 2.45) is 0 Å². The molecule has 0 radical (unpaired) electrons. The number of carbonyl (C=O) groups is 1. The monoisotopic (exact) mass is 244 g/mol. The average molecular weight is 244 g/mol. The maximum absolute atomic E-state index is 12.1. The van der Waals surface area contributed by atoms with E-state index in [4.69, 9.17) is 5.26 Å². The highest BCUT2D eigenvalue weighted by atomic mass is 16.1. The number of carbonyl (C=O) groups excluding carboxylic acids is 1. The van der Waals surface area contributed by atoms with Crippen molar-refractivity contribution in [1.82, 2.24) is 4.90 Å². The maximum Gasteiger partial charge on any atom is 0.176 e. The van der Waals surface area contributed by atoms with Gasteiger partial charge in [0.25, 0.3) is 0 Å². The van der Waals surface area contributed by atoms with Crippen LogP contribution in [-0.2, 0) is 0 Å². The van der Waals surface area contributed by atoms with Gasteiger partial charge in [0, 0.05) is 5.56 Å². The van der Waals surface area contributed by atoms with Crippen molar-refractivity contribution in [3.63, 3.8) is 0 Å². The molecule has 0 amide bonds. The second-order valence-electron chi connectivity index (χ2n) is 4.33. The lowest BCUT2D eigenvalue weighted by atomic mass is 10.1. The maximum atomic E-state index is 12.1. The minimum absolute atomic E-state index is 0.123. The van der Waals surface area contributed by atoms with Gasteiger partial charge in [-0.1, -0.05) is 32.4 Å². The van der Waals surface area contributed by atoms with Gasteiger partial charge in [-0.05, 0) is 31.6 Å². The molecule has 0 fully saturated rings. The number of ketones is 1. The molecule has 96 valence electrons. The lowest BCUT2D eigenvalue weighted by Gasteiger charge is -2.18. The molecule has 1 rings (SSSR count). The third-order valence-electron chi connectivity index (χ3n) is 2.98. The van der Waals surface area contributed by atoms with Gasteiger partial charge in [-0.15, -0.1) is 0 Å². The Morgan fingerprint density at radius 2 is 1.94 bits per heavy atom. The van der Waals surface area contributed by atoms with Gasteiger partial charge in [0.05, 0.1) is 18.2 Å². The lowest BCUT2D eigenvalue weighted by molar-refractivity contribution is 0.0933. The van der Waals surface area contributed by atoms with Gasteiger partial charge in [-0.2, -0.15) is 5.26 Å². The van der Waals surface area contributed by atoms with Crippen molar-refractivity contribution in [3.8, 4) is 6.07 Å². The van der Waals surface area contributed by atoms with Gasteiger partial charge in [-0.25, -0.2) is 0 Å². The molecule has 0 aromatic heterocycles. The van der Waals surface area contributed by atoms with Gasteiger partial charge in [-0.3, -0.25) is 9.69 Å². The first-order valence-corrected chi connectivity index (χ1v) is 6.47. The van der Waals surface area contributed by atoms with E-state index in [1.807, 2.05) is 0 Å². The van der Waals surface area contributed by atoms with Crippen LogP contribution >= 0.6 is 0 Å². The highest BCUT2D eigenvalue weighted by Gasteiger charge is 2.10. The summed E-state index contributed by atoms with van der Waals surface area (Å²) in [5.74, 6) is 0.123. The number of nitrogens with zero attached hydrogens (tertiary/aromatic N) is 2. The highest BCUT2D eigenvalue weighted by molar-refractivity contribution is 5.97. The van der Waals surface area contributed by atoms with Crippen LogP contribution in [0.15, 0.2) is 24.3 Å². The van der Waals surface area contributed by atoms with Crippen LogP contribution < -0.4 is 0 Å². The molecule has 0 N–H and O–H groups in total. The Labute approximate surface area is 109 Å². The van der Waals surface area contributed by atoms with Gasteiger partial charge < -0.3 is 0 Å². The predicted octanol–water partition coefficient (Wildman–Crippen LogP) is 2.86. The Morgan fingerprint density at radius 1 is 1.28 bits per heavy atom. The molecule has 3 nitrogen and oxygen atoms in total. The molecule has 0 saturated carbocycles. The number of benzene rings is 1. The first-order valence-electron chi connectivity index (χ1n) is 6.47. The number of nitriles is 1. The van der Waals surface area contributed by atoms with E-state index >= 15 is 0 Å². The Morgan fingerprint density at radius 3 is 2.44 bits per heavy atom. The predicted molar refractivity (Wildman–Crippen MR) is 72.5 cm³/mol. The molecule has 0 aliphatic carbocycles. The quantitative estimate of drug-likeness (QED) is 0.693. The van der Waals surface area contributed by atoms with Crippen molar-refractivity contribution in [2.75, 3.05) is 19.6 Å². The lowest BCUT2D eigenvalue weighted by Crippen LogP contribution is -2.30. The van der Waals surface area contributed by atoms with Crippen LogP contribution in [0.2, 0.25) is 0 Å². The average Bonchev–Trinajstić information content (AvgIpc) is 2.43. The van der Waals surface area contributed by atoms with Crippen LogP contribution in [0.5, 0.6) is 0 Å². The van der Waals surface area contributed by atoms with Crippen molar-refractivity contribution >= 4 is 5.78 Å². The van der Waals surface area contributed by atoms with Crippen LogP contribution in [0.3, 0.4) is 0 Å². The van der Waals surface area contributed by atoms with Gasteiger partial charge >= 0.3 is 0 Å². The van der Waals surface area contributed by atoms with E-state index in [-0.39, 0.29) is 5.78 Å². The molecule has 1 aromatic rings. The normalized spacial score (nSPS) is 10.3. The summed E-state index contributed by atoms with van der Waals surface area (Å²) in [5, 5.41) is 8.70. The standard InChI is InChI=1S/C15H20N2O/c1-3-5-10-17(4-2)12-15(18)14-8-6-13(11-16)7-9-14/h6-9H,3-5,10,12H2,1-2H3. The molecule has 3 heteroatoms. The summed E-state index contributed by atoms with van der Waals surface area (Å²) in [7, 11) is 0. The smallest absolute Gasteiger partial charge is 0.176 e. The number of Topliss-reactive ketones (excluding diaryl/α,β-unsaturated/α-hetero) is 1. The molecule has 0 aliphatic rings. The number of unbranched alkanes of at least 4 members (excludes halogenated alkanes) is 1. The molecule has 18 heavy (non-hydrogen) atoms. The summed E-state index contributed by atoms with van der Waals surface area (Å²) in [6, 6.07) is 8.89. The van der Waals surface area contributed by atoms with Crippen LogP contribution in [0.4, 0.5) is 0 Å². The first-order chi connectivity index (χ1) is 8.71. The summed E-state index contributed by atoms with van der Waals surface area (Å²) in [6.07, 6.45) is 2.26. The Hall–Kier alpha value is -1.66. The van der Waals surface area contributed by atoms with E-state index in [0.29, 0.717) is 17.7 Å². The van der Waals surface area contributed by atoms with Gasteiger partial charge in [0.1, 0.15) is 0 Å². The van der Waals surface area contributed by atoms with Crippen LogP contribution in [0, 0.1) is 11.3 Å². The second-order valence-corrected chi connectivity index (χ2v) is 4.33. The molecule has 0 spiro atoms. The summed E-state index contributed by atoms with van der Waals surface area (Å²) in [6.45, 7) is 6.54. The van der Waals surface area contributed by atoms with E-state index in [0.717, 1.165) is 25.9 Å². The van der Waals surface area contributed by atoms with E-state index in [9.17, 15) is 4.79 Å². The molecule has 0 unspecified atom stereocenters. The fourth-order valence-electron chi connectivity index (χ4n) is 1.76. The van der Waals surface area contributed by atoms with Crippen molar-refractivity contribution < 1.29 is 4.79 Å². The number of hydrogen-bond acceptors (Lipinski definition) is 3. The molecule has 0 atom stereocenters. The van der Waals surface area contributed by atoms with Gasteiger partial charge in [0.2, 0.25) is 0 Å². The molecular weight excluding hydrogens is 224 g/mol. The molecular formula is C15H20N2O. The third kappa shape index (κ3) is 4.31. The Bertz CT molecular complexity index is 417. The van der Waals surface area contributed by atoms with E-state index in [2.05, 4.69) is 24.8 Å². The number of rotatable bonds is 7. The first kappa shape index (κ1) is 14.4. The number of hydrogen-bond donors (Lipinski definition) is 0. The summed E-state index contributed by atoms with van der Waals surface area (Å²) in [4.78, 5) is 14.2. The topological polar surface area (TPSA) is 44.1 Å². The highest BCUT2D eigenvalue weighted by Crippen LogP contribution is 2.06. The minimum atomic E-state index is 0.123. The van der Waals surface area contributed by atoms with Crippen molar-refractivity contribution in [1.29, 1.82) is 5.26 Å². The summed E-state index contributed by atoms with van der Waals surface area (Å²) in [5.41, 5.74) is 1.27. The minimum Gasteiger partial charge on any atom is -0.296 e. The van der Waals surface area contributed by atoms with Gasteiger partial charge in [0.15, 0.2) is 5.78 Å². The van der Waals surface area contributed by atoms with Crippen LogP contribution in [0.1, 0.15) is 42.6 Å². The van der Waals surface area contributed by atoms with Crippen LogP contribution in [-0.4, -0.2) is 30.3 Å². The largest absolute Gasteiger partial charge is 0.296 e. The zero-order chi connectivity index (χ0) is 13.4. The summed E-state index contributed by atoms with van der Waals surface area (Å²) >= 11 is 0. The molecule has 0 aliphatic heterocycles. The number of likely N-dealkylation sites (N-methyl/N-ethyl adjacent to an activating group) is 1. The Balaban J connectivity index is 2.60. The Kier molecular flexibility index (Phi) is 6.10. The molecule has 1 aromatic carbocycles. The molecule has 0 heterocycles. The molecule has 0 bridgehead atoms. The van der Waals surface area contributed by atoms with E-state index in [1.54, 1.807) is 24.3 Å². The summed E-state index contributed by atoms with van der Waals surface area (Å²) < 4.78 is 0. The van der Waals surface area contributed by atoms with Crippen molar-refractivity contribution in [2.45, 2.75) is 26.7 Å². The van der Waals surface area contributed by atoms with Crippen molar-refractivity contribution in [3.05, 3.63) is 35.4 Å². The van der Waals surface area contributed by atoms with Crippen LogP contribution in [0.25, 0.3) is 0 Å². The second kappa shape index (κ2) is 7.62. The zero-order valence-electron chi connectivity index (χ0n) is 11.1. The fraction of sp³-hybridized carbons (Fsp3) is 0.467. The van der Waals surface area contributed by atoms with E-state index in [1.165, 1.54) is 0 Å². The third-order valence-corrected chi connectivity index (χ3v) is 2.98.